The first kappa shape index (κ1) is 30.6. The maximum Gasteiger partial charge on any atom is 0.126 e. The summed E-state index contributed by atoms with van der Waals surface area (Å²) >= 11 is 0. The predicted octanol–water partition coefficient (Wildman–Crippen LogP) is 11.5. The number of hydrogen-bond donors (Lipinski definition) is 0. The highest BCUT2D eigenvalue weighted by Gasteiger charge is 2.46. The summed E-state index contributed by atoms with van der Waals surface area (Å²) in [6.45, 7) is 4.13. The monoisotopic (exact) mass is 653 g/mol. The van der Waals surface area contributed by atoms with E-state index < -0.39 is 5.41 Å². The van der Waals surface area contributed by atoms with Crippen LogP contribution >= 0.6 is 0 Å². The molecule has 0 amide bonds. The molecule has 1 aliphatic carbocycles. The topological polar surface area (TPSA) is 38.7 Å². The minimum atomic E-state index is -0.567. The number of rotatable bonds is 6. The molecular formula is C48H35N3. The van der Waals surface area contributed by atoms with E-state index in [9.17, 15) is 0 Å². The van der Waals surface area contributed by atoms with Crippen molar-refractivity contribution in [1.29, 1.82) is 0 Å². The number of pyridine rings is 1. The van der Waals surface area contributed by atoms with E-state index in [-0.39, 0.29) is 0 Å². The van der Waals surface area contributed by atoms with E-state index in [1.807, 2.05) is 25.4 Å². The Morgan fingerprint density at radius 2 is 1.04 bits per heavy atom. The van der Waals surface area contributed by atoms with Crippen LogP contribution in [0.25, 0.3) is 55.9 Å². The number of benzene rings is 6. The Bertz CT molecular complexity index is 2560. The summed E-state index contributed by atoms with van der Waals surface area (Å²) in [7, 11) is 0. The SMILES string of the molecule is Cc1nc(-c2ccccc2)cc(-c2cccc(C3(c4ccccc4)c4ccccc4-c4ccc(-c5ccccc5-c5cnccc5C)cc43)c2)n1. The van der Waals surface area contributed by atoms with E-state index in [4.69, 9.17) is 9.97 Å². The Morgan fingerprint density at radius 3 is 1.82 bits per heavy atom. The molecule has 0 saturated carbocycles. The number of fused-ring (bicyclic) bond motifs is 3. The molecule has 0 saturated heterocycles. The fourth-order valence-electron chi connectivity index (χ4n) is 8.02. The van der Waals surface area contributed by atoms with Crippen molar-refractivity contribution < 1.29 is 0 Å². The highest BCUT2D eigenvalue weighted by Crippen LogP contribution is 2.57. The molecule has 8 aromatic rings. The van der Waals surface area contributed by atoms with Gasteiger partial charge in [0.2, 0.25) is 0 Å². The van der Waals surface area contributed by atoms with E-state index in [0.29, 0.717) is 0 Å². The van der Waals surface area contributed by atoms with Gasteiger partial charge in [0.15, 0.2) is 0 Å². The second-order valence-electron chi connectivity index (χ2n) is 13.3. The van der Waals surface area contributed by atoms with Crippen LogP contribution in [-0.2, 0) is 5.41 Å². The Hall–Kier alpha value is -6.45. The van der Waals surface area contributed by atoms with Crippen molar-refractivity contribution in [2.75, 3.05) is 0 Å². The van der Waals surface area contributed by atoms with Crippen molar-refractivity contribution in [3.63, 3.8) is 0 Å². The highest BCUT2D eigenvalue weighted by atomic mass is 14.9. The van der Waals surface area contributed by atoms with Crippen LogP contribution in [0.5, 0.6) is 0 Å². The lowest BCUT2D eigenvalue weighted by Gasteiger charge is -2.34. The molecule has 6 aromatic carbocycles. The first-order valence-corrected chi connectivity index (χ1v) is 17.4. The molecule has 2 aromatic heterocycles. The van der Waals surface area contributed by atoms with Crippen molar-refractivity contribution in [1.82, 2.24) is 15.0 Å². The van der Waals surface area contributed by atoms with Crippen molar-refractivity contribution in [3.8, 4) is 55.9 Å². The van der Waals surface area contributed by atoms with Crippen LogP contribution in [0.2, 0.25) is 0 Å². The van der Waals surface area contributed by atoms with E-state index in [1.165, 1.54) is 55.6 Å². The van der Waals surface area contributed by atoms with Crippen molar-refractivity contribution in [2.24, 2.45) is 0 Å². The minimum Gasteiger partial charge on any atom is -0.264 e. The third-order valence-corrected chi connectivity index (χ3v) is 10.3. The number of nitrogens with zero attached hydrogens (tertiary/aromatic N) is 3. The lowest BCUT2D eigenvalue weighted by molar-refractivity contribution is 0.769. The number of aromatic nitrogens is 3. The molecule has 1 aliphatic rings. The first-order chi connectivity index (χ1) is 25.1. The van der Waals surface area contributed by atoms with Gasteiger partial charge in [-0.1, -0.05) is 140 Å². The third-order valence-electron chi connectivity index (χ3n) is 10.3. The van der Waals surface area contributed by atoms with Crippen LogP contribution < -0.4 is 0 Å². The summed E-state index contributed by atoms with van der Waals surface area (Å²) < 4.78 is 0. The van der Waals surface area contributed by atoms with Crippen LogP contribution in [0.4, 0.5) is 0 Å². The molecule has 242 valence electrons. The zero-order valence-electron chi connectivity index (χ0n) is 28.6. The maximum absolute atomic E-state index is 4.96. The van der Waals surface area contributed by atoms with Gasteiger partial charge < -0.3 is 0 Å². The highest BCUT2D eigenvalue weighted by molar-refractivity contribution is 5.91. The number of aryl methyl sites for hydroxylation is 2. The largest absolute Gasteiger partial charge is 0.264 e. The molecule has 51 heavy (non-hydrogen) atoms. The molecule has 2 heterocycles. The molecule has 0 fully saturated rings. The zero-order chi connectivity index (χ0) is 34.4. The van der Waals surface area contributed by atoms with Gasteiger partial charge in [0, 0.05) is 29.1 Å². The summed E-state index contributed by atoms with van der Waals surface area (Å²) in [5.74, 6) is 0.748. The van der Waals surface area contributed by atoms with Crippen LogP contribution in [0.3, 0.4) is 0 Å². The summed E-state index contributed by atoms with van der Waals surface area (Å²) in [5, 5.41) is 0. The van der Waals surface area contributed by atoms with Gasteiger partial charge in [-0.3, -0.25) is 4.98 Å². The second kappa shape index (κ2) is 12.5. The standard InChI is InChI=1S/C48H35N3/c1-32-26-27-49-31-43(32)40-21-10-9-20-39(40)35-24-25-42-41-22-11-12-23-44(41)48(45(42)29-35,37-17-7-4-8-18-37)38-19-13-16-36(28-38)47-30-46(50-33(2)51-47)34-14-5-3-6-15-34/h3-31H,1-2H3. The molecule has 0 bridgehead atoms. The van der Waals surface area contributed by atoms with Gasteiger partial charge in [-0.05, 0) is 93.7 Å². The summed E-state index contributed by atoms with van der Waals surface area (Å²) in [4.78, 5) is 14.3. The third kappa shape index (κ3) is 5.09. The molecule has 0 aliphatic heterocycles. The lowest BCUT2D eigenvalue weighted by Crippen LogP contribution is -2.28. The quantitative estimate of drug-likeness (QED) is 0.179. The fourth-order valence-corrected chi connectivity index (χ4v) is 8.02. The molecule has 9 rings (SSSR count). The molecular weight excluding hydrogens is 619 g/mol. The Kier molecular flexibility index (Phi) is 7.48. The molecule has 1 atom stereocenters. The smallest absolute Gasteiger partial charge is 0.126 e. The molecule has 3 nitrogen and oxygen atoms in total. The number of hydrogen-bond acceptors (Lipinski definition) is 3. The van der Waals surface area contributed by atoms with Gasteiger partial charge >= 0.3 is 0 Å². The predicted molar refractivity (Wildman–Crippen MR) is 208 cm³/mol. The lowest BCUT2D eigenvalue weighted by atomic mass is 9.67. The van der Waals surface area contributed by atoms with Crippen LogP contribution in [0, 0.1) is 13.8 Å². The van der Waals surface area contributed by atoms with Crippen molar-refractivity contribution in [3.05, 3.63) is 210 Å². The molecule has 0 spiro atoms. The van der Waals surface area contributed by atoms with E-state index in [2.05, 4.69) is 170 Å². The average molecular weight is 654 g/mol. The van der Waals surface area contributed by atoms with Gasteiger partial charge in [0.25, 0.3) is 0 Å². The van der Waals surface area contributed by atoms with Crippen LogP contribution in [0.15, 0.2) is 176 Å². The van der Waals surface area contributed by atoms with Gasteiger partial charge in [-0.2, -0.15) is 0 Å². The van der Waals surface area contributed by atoms with E-state index in [1.54, 1.807) is 0 Å². The van der Waals surface area contributed by atoms with Crippen molar-refractivity contribution >= 4 is 0 Å². The molecule has 3 heteroatoms. The summed E-state index contributed by atoms with van der Waals surface area (Å²) in [6.07, 6.45) is 3.84. The fraction of sp³-hybridized carbons (Fsp3) is 0.0625. The van der Waals surface area contributed by atoms with Crippen LogP contribution in [-0.4, -0.2) is 15.0 Å². The maximum atomic E-state index is 4.96. The summed E-state index contributed by atoms with van der Waals surface area (Å²) in [5.41, 5.74) is 16.8. The van der Waals surface area contributed by atoms with Gasteiger partial charge in [-0.15, -0.1) is 0 Å². The van der Waals surface area contributed by atoms with Gasteiger partial charge in [-0.25, -0.2) is 9.97 Å². The van der Waals surface area contributed by atoms with Gasteiger partial charge in [0.05, 0.1) is 16.8 Å². The Labute approximate surface area is 299 Å². The zero-order valence-corrected chi connectivity index (χ0v) is 28.6. The normalized spacial score (nSPS) is 14.5. The summed E-state index contributed by atoms with van der Waals surface area (Å²) in [6, 6.07) is 59.1. The van der Waals surface area contributed by atoms with Crippen molar-refractivity contribution in [2.45, 2.75) is 19.3 Å². The average Bonchev–Trinajstić information content (AvgIpc) is 3.49. The Morgan fingerprint density at radius 1 is 0.412 bits per heavy atom. The molecule has 0 N–H and O–H groups in total. The minimum absolute atomic E-state index is 0.567. The van der Waals surface area contributed by atoms with E-state index in [0.717, 1.165) is 33.9 Å². The van der Waals surface area contributed by atoms with E-state index >= 15 is 0 Å². The molecule has 1 unspecified atom stereocenters. The van der Waals surface area contributed by atoms with Crippen LogP contribution in [0.1, 0.15) is 33.6 Å². The second-order valence-corrected chi connectivity index (χ2v) is 13.3. The van der Waals surface area contributed by atoms with Gasteiger partial charge in [0.1, 0.15) is 5.82 Å². The Balaban J connectivity index is 1.29. The first-order valence-electron chi connectivity index (χ1n) is 17.4. The molecule has 0 radical (unpaired) electrons.